The monoisotopic (exact) mass is 516 g/mol. The summed E-state index contributed by atoms with van der Waals surface area (Å²) in [6.45, 7) is 8.18. The predicted octanol–water partition coefficient (Wildman–Crippen LogP) is 4.54. The Balaban J connectivity index is 1.42. The Labute approximate surface area is 219 Å². The molecule has 0 saturated heterocycles. The van der Waals surface area contributed by atoms with Gasteiger partial charge in [-0.2, -0.15) is 0 Å². The summed E-state index contributed by atoms with van der Waals surface area (Å²) in [5, 5.41) is 18.1. The van der Waals surface area contributed by atoms with Crippen molar-refractivity contribution >= 4 is 28.6 Å². The number of hydrogen-bond acceptors (Lipinski definition) is 9. The normalized spacial score (nSPS) is 13.9. The SMILES string of the molecule is CCN(CC)c1ccc(-c2nnc(C3C(=O)CCC3=O)s2)c(OCc2cn(-c3ccc(C)cc3)nn2)c1. The van der Waals surface area contributed by atoms with Crippen LogP contribution >= 0.6 is 11.3 Å². The van der Waals surface area contributed by atoms with Crippen molar-refractivity contribution in [2.24, 2.45) is 0 Å². The Bertz CT molecular complexity index is 1410. The lowest BCUT2D eigenvalue weighted by Crippen LogP contribution is -2.21. The highest BCUT2D eigenvalue weighted by Gasteiger charge is 2.37. The number of carbonyl (C=O) groups is 2. The lowest BCUT2D eigenvalue weighted by Gasteiger charge is -2.22. The third-order valence-corrected chi connectivity index (χ3v) is 7.51. The van der Waals surface area contributed by atoms with Gasteiger partial charge in [-0.25, -0.2) is 4.68 Å². The summed E-state index contributed by atoms with van der Waals surface area (Å²) >= 11 is 1.27. The van der Waals surface area contributed by atoms with Gasteiger partial charge in [0, 0.05) is 37.7 Å². The largest absolute Gasteiger partial charge is 0.486 e. The van der Waals surface area contributed by atoms with Crippen LogP contribution in [-0.2, 0) is 16.2 Å². The quantitative estimate of drug-likeness (QED) is 0.299. The van der Waals surface area contributed by atoms with Crippen molar-refractivity contribution in [1.82, 2.24) is 25.2 Å². The fourth-order valence-corrected chi connectivity index (χ4v) is 5.40. The van der Waals surface area contributed by atoms with E-state index in [2.05, 4.69) is 39.3 Å². The number of benzene rings is 2. The first kappa shape index (κ1) is 24.8. The van der Waals surface area contributed by atoms with Crippen molar-refractivity contribution in [1.29, 1.82) is 0 Å². The molecule has 2 aromatic heterocycles. The standard InChI is InChI=1S/C27H28N6O3S/c1-4-32(5-2)20-10-11-21(26-29-30-27(37-26)25-22(34)12-13-23(25)35)24(14-20)36-16-18-15-33(31-28-18)19-8-6-17(3)7-9-19/h6-11,14-15,25H,4-5,12-13,16H2,1-3H3. The van der Waals surface area contributed by atoms with Gasteiger partial charge >= 0.3 is 0 Å². The van der Waals surface area contributed by atoms with Crippen LogP contribution in [0.15, 0.2) is 48.7 Å². The summed E-state index contributed by atoms with van der Waals surface area (Å²) in [7, 11) is 0. The molecule has 4 aromatic rings. The van der Waals surface area contributed by atoms with Crippen molar-refractivity contribution in [2.45, 2.75) is 46.1 Å². The van der Waals surface area contributed by atoms with E-state index in [1.807, 2.05) is 55.6 Å². The molecule has 0 bridgehead atoms. The van der Waals surface area contributed by atoms with Crippen LogP contribution < -0.4 is 9.64 Å². The number of ketones is 2. The lowest BCUT2D eigenvalue weighted by molar-refractivity contribution is -0.123. The maximum Gasteiger partial charge on any atom is 0.151 e. The highest BCUT2D eigenvalue weighted by atomic mass is 32.1. The van der Waals surface area contributed by atoms with Gasteiger partial charge in [-0.05, 0) is 45.0 Å². The van der Waals surface area contributed by atoms with E-state index in [0.717, 1.165) is 30.0 Å². The number of nitrogens with zero attached hydrogens (tertiary/aromatic N) is 6. The summed E-state index contributed by atoms with van der Waals surface area (Å²) in [5.74, 6) is -0.334. The molecule has 0 unspecified atom stereocenters. The Morgan fingerprint density at radius 2 is 1.73 bits per heavy atom. The molecule has 1 fully saturated rings. The molecule has 0 radical (unpaired) electrons. The molecule has 2 aromatic carbocycles. The summed E-state index contributed by atoms with van der Waals surface area (Å²) < 4.78 is 7.99. The zero-order valence-corrected chi connectivity index (χ0v) is 21.9. The fourth-order valence-electron chi connectivity index (χ4n) is 4.38. The molecule has 1 aliphatic rings. The van der Waals surface area contributed by atoms with Crippen LogP contribution in [-0.4, -0.2) is 49.8 Å². The maximum atomic E-state index is 12.2. The van der Waals surface area contributed by atoms with E-state index in [4.69, 9.17) is 4.74 Å². The minimum absolute atomic E-state index is 0.0854. The number of aryl methyl sites for hydroxylation is 1. The Hall–Kier alpha value is -3.92. The number of anilines is 1. The number of Topliss-reactive ketones (excluding diaryl/α,β-unsaturated/α-hetero) is 2. The van der Waals surface area contributed by atoms with Crippen molar-refractivity contribution in [2.75, 3.05) is 18.0 Å². The third kappa shape index (κ3) is 5.15. The molecule has 2 heterocycles. The lowest BCUT2D eigenvalue weighted by atomic mass is 10.1. The molecule has 0 amide bonds. The van der Waals surface area contributed by atoms with E-state index in [0.29, 0.717) is 21.5 Å². The molecule has 1 aliphatic carbocycles. The molecule has 0 aliphatic heterocycles. The van der Waals surface area contributed by atoms with Crippen LogP contribution in [0.25, 0.3) is 16.3 Å². The van der Waals surface area contributed by atoms with Crippen LogP contribution in [0.4, 0.5) is 5.69 Å². The second kappa shape index (κ2) is 10.6. The van der Waals surface area contributed by atoms with E-state index < -0.39 is 5.92 Å². The smallest absolute Gasteiger partial charge is 0.151 e. The van der Waals surface area contributed by atoms with Gasteiger partial charge in [0.1, 0.15) is 29.0 Å². The van der Waals surface area contributed by atoms with Gasteiger partial charge in [0.25, 0.3) is 0 Å². The van der Waals surface area contributed by atoms with Crippen molar-refractivity contribution in [3.05, 3.63) is 64.9 Å². The Morgan fingerprint density at radius 3 is 2.43 bits per heavy atom. The van der Waals surface area contributed by atoms with E-state index in [1.54, 1.807) is 4.68 Å². The Morgan fingerprint density at radius 1 is 1.00 bits per heavy atom. The second-order valence-electron chi connectivity index (χ2n) is 8.94. The molecule has 190 valence electrons. The third-order valence-electron chi connectivity index (χ3n) is 6.49. The van der Waals surface area contributed by atoms with E-state index in [9.17, 15) is 9.59 Å². The second-order valence-corrected chi connectivity index (χ2v) is 9.95. The molecule has 10 heteroatoms. The van der Waals surface area contributed by atoms with E-state index in [-0.39, 0.29) is 31.0 Å². The van der Waals surface area contributed by atoms with Crippen molar-refractivity contribution in [3.8, 4) is 22.0 Å². The maximum absolute atomic E-state index is 12.2. The highest BCUT2D eigenvalue weighted by molar-refractivity contribution is 7.15. The summed E-state index contributed by atoms with van der Waals surface area (Å²) in [6, 6.07) is 14.0. The molecule has 0 N–H and O–H groups in total. The minimum atomic E-state index is -0.789. The van der Waals surface area contributed by atoms with Crippen LogP contribution in [0, 0.1) is 6.92 Å². The molecule has 0 spiro atoms. The zero-order valence-electron chi connectivity index (χ0n) is 21.0. The van der Waals surface area contributed by atoms with E-state index >= 15 is 0 Å². The van der Waals surface area contributed by atoms with Gasteiger partial charge in [-0.3, -0.25) is 9.59 Å². The first-order valence-corrected chi connectivity index (χ1v) is 13.2. The summed E-state index contributed by atoms with van der Waals surface area (Å²) in [6.07, 6.45) is 2.39. The molecule has 9 nitrogen and oxygen atoms in total. The number of rotatable bonds is 9. The molecule has 37 heavy (non-hydrogen) atoms. The van der Waals surface area contributed by atoms with E-state index in [1.165, 1.54) is 16.9 Å². The summed E-state index contributed by atoms with van der Waals surface area (Å²) in [5.41, 5.74) is 4.56. The predicted molar refractivity (Wildman–Crippen MR) is 141 cm³/mol. The van der Waals surface area contributed by atoms with Gasteiger partial charge in [0.2, 0.25) is 0 Å². The van der Waals surface area contributed by atoms with Crippen LogP contribution in [0.5, 0.6) is 5.75 Å². The molecule has 5 rings (SSSR count). The van der Waals surface area contributed by atoms with Crippen molar-refractivity contribution < 1.29 is 14.3 Å². The van der Waals surface area contributed by atoms with Gasteiger partial charge in [0.15, 0.2) is 16.6 Å². The fraction of sp³-hybridized carbons (Fsp3) is 0.333. The van der Waals surface area contributed by atoms with Crippen LogP contribution in [0.1, 0.15) is 48.9 Å². The van der Waals surface area contributed by atoms with Gasteiger partial charge in [-0.15, -0.1) is 15.3 Å². The van der Waals surface area contributed by atoms with Crippen LogP contribution in [0.3, 0.4) is 0 Å². The molecule has 1 saturated carbocycles. The van der Waals surface area contributed by atoms with Crippen LogP contribution in [0.2, 0.25) is 0 Å². The zero-order chi connectivity index (χ0) is 25.9. The molecular weight excluding hydrogens is 488 g/mol. The highest BCUT2D eigenvalue weighted by Crippen LogP contribution is 2.39. The Kier molecular flexibility index (Phi) is 7.09. The minimum Gasteiger partial charge on any atom is -0.486 e. The average molecular weight is 517 g/mol. The van der Waals surface area contributed by atoms with Gasteiger partial charge < -0.3 is 9.64 Å². The van der Waals surface area contributed by atoms with Gasteiger partial charge in [0.05, 0.1) is 17.4 Å². The molecular formula is C27H28N6O3S. The molecule has 0 atom stereocenters. The van der Waals surface area contributed by atoms with Gasteiger partial charge in [-0.1, -0.05) is 34.2 Å². The average Bonchev–Trinajstić information content (AvgIpc) is 3.65. The summed E-state index contributed by atoms with van der Waals surface area (Å²) in [4.78, 5) is 26.7. The topological polar surface area (TPSA) is 103 Å². The number of carbonyl (C=O) groups excluding carboxylic acids is 2. The number of ether oxygens (including phenoxy) is 1. The van der Waals surface area contributed by atoms with Crippen molar-refractivity contribution in [3.63, 3.8) is 0 Å². The number of aromatic nitrogens is 5. The first-order chi connectivity index (χ1) is 18.0. The number of hydrogen-bond donors (Lipinski definition) is 0. The first-order valence-electron chi connectivity index (χ1n) is 12.4.